The third-order valence-electron chi connectivity index (χ3n) is 2.66. The summed E-state index contributed by atoms with van der Waals surface area (Å²) >= 11 is 0. The second-order valence-electron chi connectivity index (χ2n) is 4.41. The Bertz CT molecular complexity index is 291. The fraction of sp³-hybridized carbons (Fsp3) is 0.917. The van der Waals surface area contributed by atoms with Gasteiger partial charge in [0.05, 0.1) is 6.61 Å². The molecule has 0 aromatic rings. The molecular formula is C12H28O6Si2. The fourth-order valence-corrected chi connectivity index (χ4v) is 7.88. The molecule has 0 aliphatic heterocycles. The topological polar surface area (TPSA) is 63.2 Å². The van der Waals surface area contributed by atoms with Crippen LogP contribution in [0.5, 0.6) is 0 Å². The molecule has 120 valence electrons. The molecular weight excluding hydrogens is 296 g/mol. The van der Waals surface area contributed by atoms with Crippen LogP contribution < -0.4 is 0 Å². The van der Waals surface area contributed by atoms with Crippen LogP contribution in [0.1, 0.15) is 27.7 Å². The highest BCUT2D eigenvalue weighted by molar-refractivity contribution is 6.77. The minimum Gasteiger partial charge on any atom is -0.464 e. The third kappa shape index (κ3) is 7.51. The van der Waals surface area contributed by atoms with E-state index >= 15 is 0 Å². The van der Waals surface area contributed by atoms with E-state index in [2.05, 4.69) is 0 Å². The monoisotopic (exact) mass is 324 g/mol. The fourth-order valence-electron chi connectivity index (χ4n) is 1.66. The van der Waals surface area contributed by atoms with Crippen molar-refractivity contribution in [3.8, 4) is 0 Å². The quantitative estimate of drug-likeness (QED) is 0.429. The standard InChI is InChI=1S/C12H28O6Si2/c1-7-14-12(13)11-17-20(6,16-9-3)18-19(5,10-4)15-8-2/h7-11H2,1-6H3. The van der Waals surface area contributed by atoms with E-state index in [1.54, 1.807) is 13.5 Å². The first-order chi connectivity index (χ1) is 9.34. The lowest BCUT2D eigenvalue weighted by atomic mass is 10.7. The Morgan fingerprint density at radius 1 is 0.900 bits per heavy atom. The van der Waals surface area contributed by atoms with Crippen LogP contribution in [0.3, 0.4) is 0 Å². The summed E-state index contributed by atoms with van der Waals surface area (Å²) in [6.07, 6.45) is 0. The van der Waals surface area contributed by atoms with Crippen LogP contribution in [-0.2, 0) is 26.9 Å². The van der Waals surface area contributed by atoms with Gasteiger partial charge in [0.1, 0.15) is 6.61 Å². The molecule has 0 aromatic heterocycles. The van der Waals surface area contributed by atoms with Gasteiger partial charge < -0.3 is 22.1 Å². The van der Waals surface area contributed by atoms with E-state index in [9.17, 15) is 4.79 Å². The van der Waals surface area contributed by atoms with Gasteiger partial charge in [-0.25, -0.2) is 4.79 Å². The molecule has 0 bridgehead atoms. The predicted molar refractivity (Wildman–Crippen MR) is 80.6 cm³/mol. The highest BCUT2D eigenvalue weighted by Gasteiger charge is 2.44. The van der Waals surface area contributed by atoms with Gasteiger partial charge in [0.2, 0.25) is 0 Å². The molecule has 0 saturated carbocycles. The van der Waals surface area contributed by atoms with Gasteiger partial charge in [-0.3, -0.25) is 0 Å². The first-order valence-electron chi connectivity index (χ1n) is 7.12. The van der Waals surface area contributed by atoms with E-state index in [0.29, 0.717) is 19.8 Å². The summed E-state index contributed by atoms with van der Waals surface area (Å²) < 4.78 is 27.9. The van der Waals surface area contributed by atoms with Crippen LogP contribution in [0.2, 0.25) is 19.1 Å². The predicted octanol–water partition coefficient (Wildman–Crippen LogP) is 2.32. The van der Waals surface area contributed by atoms with E-state index in [1.807, 2.05) is 27.3 Å². The smallest absolute Gasteiger partial charge is 0.464 e. The maximum absolute atomic E-state index is 11.4. The molecule has 6 nitrogen and oxygen atoms in total. The third-order valence-corrected chi connectivity index (χ3v) is 9.53. The first kappa shape index (κ1) is 19.7. The molecule has 0 heterocycles. The second-order valence-corrected chi connectivity index (χ2v) is 10.8. The van der Waals surface area contributed by atoms with Crippen LogP contribution in [0, 0.1) is 0 Å². The van der Waals surface area contributed by atoms with Crippen LogP contribution in [-0.4, -0.2) is 49.8 Å². The number of carbonyl (C=O) groups is 1. The summed E-state index contributed by atoms with van der Waals surface area (Å²) in [5.41, 5.74) is 0. The number of carbonyl (C=O) groups excluding carboxylic acids is 1. The van der Waals surface area contributed by atoms with Gasteiger partial charge in [-0.1, -0.05) is 6.92 Å². The minimum absolute atomic E-state index is 0.156. The number of rotatable bonds is 11. The van der Waals surface area contributed by atoms with E-state index in [4.69, 9.17) is 22.1 Å². The van der Waals surface area contributed by atoms with Gasteiger partial charge in [0, 0.05) is 19.8 Å². The molecule has 0 fully saturated rings. The molecule has 0 amide bonds. The second kappa shape index (κ2) is 9.64. The SMILES string of the molecule is CCOC(=O)CO[Si](C)(OCC)O[Si](C)(CC)OCC. The molecule has 0 radical (unpaired) electrons. The normalized spacial score (nSPS) is 17.3. The maximum Gasteiger partial charge on any atom is 0.489 e. The summed E-state index contributed by atoms with van der Waals surface area (Å²) in [4.78, 5) is 11.4. The van der Waals surface area contributed by atoms with E-state index in [1.165, 1.54) is 0 Å². The average molecular weight is 325 g/mol. The van der Waals surface area contributed by atoms with Crippen molar-refractivity contribution >= 4 is 23.3 Å². The number of hydrogen-bond donors (Lipinski definition) is 0. The van der Waals surface area contributed by atoms with Crippen molar-refractivity contribution in [2.75, 3.05) is 26.4 Å². The molecule has 0 aromatic carbocycles. The van der Waals surface area contributed by atoms with Crippen LogP contribution in [0.4, 0.5) is 0 Å². The van der Waals surface area contributed by atoms with Crippen LogP contribution in [0.15, 0.2) is 0 Å². The van der Waals surface area contributed by atoms with Gasteiger partial charge in [-0.05, 0) is 33.4 Å². The van der Waals surface area contributed by atoms with Crippen molar-refractivity contribution in [2.24, 2.45) is 0 Å². The first-order valence-corrected chi connectivity index (χ1v) is 11.9. The lowest BCUT2D eigenvalue weighted by Crippen LogP contribution is -2.54. The van der Waals surface area contributed by atoms with Crippen molar-refractivity contribution in [1.29, 1.82) is 0 Å². The molecule has 0 aliphatic rings. The Morgan fingerprint density at radius 2 is 1.50 bits per heavy atom. The van der Waals surface area contributed by atoms with Crippen molar-refractivity contribution in [3.05, 3.63) is 0 Å². The molecule has 0 rings (SSSR count). The molecule has 20 heavy (non-hydrogen) atoms. The van der Waals surface area contributed by atoms with Crippen LogP contribution >= 0.6 is 0 Å². The lowest BCUT2D eigenvalue weighted by molar-refractivity contribution is -0.146. The zero-order chi connectivity index (χ0) is 15.6. The summed E-state index contributed by atoms with van der Waals surface area (Å²) in [5, 5.41) is 0. The highest BCUT2D eigenvalue weighted by Crippen LogP contribution is 2.21. The molecule has 2 unspecified atom stereocenters. The minimum atomic E-state index is -2.90. The zero-order valence-electron chi connectivity index (χ0n) is 13.5. The largest absolute Gasteiger partial charge is 0.489 e. The van der Waals surface area contributed by atoms with Crippen molar-refractivity contribution in [2.45, 2.75) is 46.8 Å². The Kier molecular flexibility index (Phi) is 9.52. The van der Waals surface area contributed by atoms with Crippen molar-refractivity contribution in [3.63, 3.8) is 0 Å². The average Bonchev–Trinajstić information content (AvgIpc) is 2.37. The Balaban J connectivity index is 4.68. The summed E-state index contributed by atoms with van der Waals surface area (Å²) in [7, 11) is -5.23. The van der Waals surface area contributed by atoms with Crippen molar-refractivity contribution in [1.82, 2.24) is 0 Å². The highest BCUT2D eigenvalue weighted by atomic mass is 28.5. The van der Waals surface area contributed by atoms with Gasteiger partial charge in [-0.2, -0.15) is 0 Å². The lowest BCUT2D eigenvalue weighted by Gasteiger charge is -2.34. The van der Waals surface area contributed by atoms with Gasteiger partial charge >= 0.3 is 23.3 Å². The summed E-state index contributed by atoms with van der Waals surface area (Å²) in [6.45, 7) is 12.6. The number of ether oxygens (including phenoxy) is 1. The maximum atomic E-state index is 11.4. The Labute approximate surface area is 124 Å². The van der Waals surface area contributed by atoms with E-state index < -0.39 is 23.3 Å². The molecule has 8 heteroatoms. The molecule has 2 atom stereocenters. The van der Waals surface area contributed by atoms with Crippen LogP contribution in [0.25, 0.3) is 0 Å². The summed E-state index contributed by atoms with van der Waals surface area (Å²) in [6, 6.07) is 0.791. The van der Waals surface area contributed by atoms with E-state index in [-0.39, 0.29) is 6.61 Å². The molecule has 0 saturated heterocycles. The molecule has 0 aliphatic carbocycles. The summed E-state index contributed by atoms with van der Waals surface area (Å²) in [5.74, 6) is -0.411. The Hall–Kier alpha value is -0.256. The zero-order valence-corrected chi connectivity index (χ0v) is 15.5. The van der Waals surface area contributed by atoms with Crippen molar-refractivity contribution < 1.29 is 26.9 Å². The van der Waals surface area contributed by atoms with Gasteiger partial charge in [0.15, 0.2) is 0 Å². The Morgan fingerprint density at radius 3 is 1.95 bits per heavy atom. The van der Waals surface area contributed by atoms with Gasteiger partial charge in [-0.15, -0.1) is 0 Å². The molecule has 0 N–H and O–H groups in total. The number of hydrogen-bond acceptors (Lipinski definition) is 6. The molecule has 0 spiro atoms. The van der Waals surface area contributed by atoms with Gasteiger partial charge in [0.25, 0.3) is 0 Å². The van der Waals surface area contributed by atoms with E-state index in [0.717, 1.165) is 6.04 Å². The number of esters is 1.